The van der Waals surface area contributed by atoms with E-state index in [-0.39, 0.29) is 6.10 Å². The fourth-order valence-electron chi connectivity index (χ4n) is 2.02. The highest BCUT2D eigenvalue weighted by Crippen LogP contribution is 2.20. The zero-order valence-electron chi connectivity index (χ0n) is 12.2. The third kappa shape index (κ3) is 6.16. The minimum absolute atomic E-state index is 0.0234. The molecule has 0 saturated heterocycles. The standard InChI is InChI=1S/C14H27N3O2/c1-3-9-12(18-4-2)14-16-13(19-17-14)10-7-5-6-8-11-15/h12H,3-11,15H2,1-2H3. The van der Waals surface area contributed by atoms with Crippen molar-refractivity contribution in [2.24, 2.45) is 5.73 Å². The monoisotopic (exact) mass is 269 g/mol. The van der Waals surface area contributed by atoms with E-state index in [0.717, 1.165) is 44.5 Å². The largest absolute Gasteiger partial charge is 0.370 e. The molecule has 1 unspecified atom stereocenters. The molecule has 0 bridgehead atoms. The summed E-state index contributed by atoms with van der Waals surface area (Å²) in [4.78, 5) is 4.44. The first-order chi connectivity index (χ1) is 9.31. The van der Waals surface area contributed by atoms with Crippen molar-refractivity contribution in [1.29, 1.82) is 0 Å². The zero-order valence-corrected chi connectivity index (χ0v) is 12.2. The predicted octanol–water partition coefficient (Wildman–Crippen LogP) is 3.01. The average Bonchev–Trinajstić information content (AvgIpc) is 2.87. The fraction of sp³-hybridized carbons (Fsp3) is 0.857. The molecule has 1 heterocycles. The molecule has 5 nitrogen and oxygen atoms in total. The van der Waals surface area contributed by atoms with E-state index in [1.165, 1.54) is 12.8 Å². The SMILES string of the molecule is CCCC(OCC)c1noc(CCCCCCN)n1. The molecule has 1 rings (SSSR count). The average molecular weight is 269 g/mol. The van der Waals surface area contributed by atoms with Gasteiger partial charge in [0.25, 0.3) is 0 Å². The summed E-state index contributed by atoms with van der Waals surface area (Å²) in [6.07, 6.45) is 7.32. The summed E-state index contributed by atoms with van der Waals surface area (Å²) in [7, 11) is 0. The highest BCUT2D eigenvalue weighted by atomic mass is 16.5. The van der Waals surface area contributed by atoms with Gasteiger partial charge in [-0.1, -0.05) is 31.3 Å². The maximum Gasteiger partial charge on any atom is 0.226 e. The summed E-state index contributed by atoms with van der Waals surface area (Å²) >= 11 is 0. The van der Waals surface area contributed by atoms with Crippen molar-refractivity contribution in [3.63, 3.8) is 0 Å². The molecule has 1 aromatic rings. The van der Waals surface area contributed by atoms with E-state index >= 15 is 0 Å². The second kappa shape index (κ2) is 9.92. The lowest BCUT2D eigenvalue weighted by Gasteiger charge is -2.11. The second-order valence-electron chi connectivity index (χ2n) is 4.73. The van der Waals surface area contributed by atoms with Crippen molar-refractivity contribution in [3.8, 4) is 0 Å². The topological polar surface area (TPSA) is 74.2 Å². The van der Waals surface area contributed by atoms with Gasteiger partial charge in [-0.05, 0) is 32.7 Å². The minimum atomic E-state index is -0.0234. The Kier molecular flexibility index (Phi) is 8.41. The maximum atomic E-state index is 5.64. The lowest BCUT2D eigenvalue weighted by molar-refractivity contribution is 0.0478. The van der Waals surface area contributed by atoms with Crippen molar-refractivity contribution in [2.45, 2.75) is 64.9 Å². The summed E-state index contributed by atoms with van der Waals surface area (Å²) in [5.74, 6) is 1.42. The van der Waals surface area contributed by atoms with Crippen LogP contribution in [0.1, 0.15) is 70.2 Å². The number of unbranched alkanes of at least 4 members (excludes halogenated alkanes) is 3. The number of aryl methyl sites for hydroxylation is 1. The van der Waals surface area contributed by atoms with Gasteiger partial charge in [-0.2, -0.15) is 4.98 Å². The van der Waals surface area contributed by atoms with Crippen LogP contribution in [0.4, 0.5) is 0 Å². The van der Waals surface area contributed by atoms with Gasteiger partial charge in [-0.3, -0.25) is 0 Å². The summed E-state index contributed by atoms with van der Waals surface area (Å²) in [6.45, 7) is 5.57. The molecule has 0 aliphatic heterocycles. The van der Waals surface area contributed by atoms with Crippen molar-refractivity contribution < 1.29 is 9.26 Å². The molecule has 0 fully saturated rings. The Bertz CT molecular complexity index is 322. The van der Waals surface area contributed by atoms with Crippen LogP contribution in [-0.2, 0) is 11.2 Å². The molecule has 2 N–H and O–H groups in total. The quantitative estimate of drug-likeness (QED) is 0.625. The van der Waals surface area contributed by atoms with Crippen LogP contribution in [-0.4, -0.2) is 23.3 Å². The Morgan fingerprint density at radius 1 is 1.21 bits per heavy atom. The van der Waals surface area contributed by atoms with Crippen LogP contribution in [0.25, 0.3) is 0 Å². The normalized spacial score (nSPS) is 12.8. The van der Waals surface area contributed by atoms with Crippen molar-refractivity contribution in [1.82, 2.24) is 10.1 Å². The molecule has 0 spiro atoms. The van der Waals surface area contributed by atoms with E-state index < -0.39 is 0 Å². The lowest BCUT2D eigenvalue weighted by atomic mass is 10.1. The van der Waals surface area contributed by atoms with E-state index in [4.69, 9.17) is 15.0 Å². The first kappa shape index (κ1) is 16.1. The molecule has 110 valence electrons. The Balaban J connectivity index is 2.37. The van der Waals surface area contributed by atoms with Crippen molar-refractivity contribution in [2.75, 3.05) is 13.2 Å². The number of hydrogen-bond acceptors (Lipinski definition) is 5. The molecule has 0 aromatic carbocycles. The highest BCUT2D eigenvalue weighted by Gasteiger charge is 2.17. The van der Waals surface area contributed by atoms with Crippen LogP contribution in [0.15, 0.2) is 4.52 Å². The van der Waals surface area contributed by atoms with Gasteiger partial charge in [-0.15, -0.1) is 0 Å². The van der Waals surface area contributed by atoms with Crippen LogP contribution in [0.2, 0.25) is 0 Å². The van der Waals surface area contributed by atoms with Crippen molar-refractivity contribution >= 4 is 0 Å². The van der Waals surface area contributed by atoms with Gasteiger partial charge in [0.1, 0.15) is 6.10 Å². The van der Waals surface area contributed by atoms with Gasteiger partial charge in [0.05, 0.1) is 0 Å². The smallest absolute Gasteiger partial charge is 0.226 e. The van der Waals surface area contributed by atoms with Gasteiger partial charge in [0, 0.05) is 13.0 Å². The van der Waals surface area contributed by atoms with Gasteiger partial charge < -0.3 is 15.0 Å². The molecule has 0 radical (unpaired) electrons. The van der Waals surface area contributed by atoms with Crippen LogP contribution < -0.4 is 5.73 Å². The van der Waals surface area contributed by atoms with Crippen LogP contribution >= 0.6 is 0 Å². The number of nitrogens with two attached hydrogens (primary N) is 1. The zero-order chi connectivity index (χ0) is 13.9. The van der Waals surface area contributed by atoms with Gasteiger partial charge >= 0.3 is 0 Å². The van der Waals surface area contributed by atoms with Crippen LogP contribution in [0.3, 0.4) is 0 Å². The van der Waals surface area contributed by atoms with E-state index in [1.807, 2.05) is 6.92 Å². The summed E-state index contributed by atoms with van der Waals surface area (Å²) < 4.78 is 10.9. The Morgan fingerprint density at radius 2 is 2.00 bits per heavy atom. The molecule has 0 saturated carbocycles. The van der Waals surface area contributed by atoms with Gasteiger partial charge in [0.15, 0.2) is 0 Å². The molecule has 5 heteroatoms. The molecule has 1 aromatic heterocycles. The molecule has 19 heavy (non-hydrogen) atoms. The minimum Gasteiger partial charge on any atom is -0.370 e. The Hall–Kier alpha value is -0.940. The Labute approximate surface area is 115 Å². The number of nitrogens with zero attached hydrogens (tertiary/aromatic N) is 2. The summed E-state index contributed by atoms with van der Waals surface area (Å²) in [6, 6.07) is 0. The number of rotatable bonds is 11. The molecular formula is C14H27N3O2. The number of ether oxygens (including phenoxy) is 1. The summed E-state index contributed by atoms with van der Waals surface area (Å²) in [5.41, 5.74) is 5.46. The molecule has 0 amide bonds. The number of hydrogen-bond donors (Lipinski definition) is 1. The highest BCUT2D eigenvalue weighted by molar-refractivity contribution is 4.91. The van der Waals surface area contributed by atoms with E-state index in [1.54, 1.807) is 0 Å². The van der Waals surface area contributed by atoms with Gasteiger partial charge in [-0.25, -0.2) is 0 Å². The second-order valence-corrected chi connectivity index (χ2v) is 4.73. The van der Waals surface area contributed by atoms with Crippen molar-refractivity contribution in [3.05, 3.63) is 11.7 Å². The molecule has 1 atom stereocenters. The molecular weight excluding hydrogens is 242 g/mol. The maximum absolute atomic E-state index is 5.64. The van der Waals surface area contributed by atoms with E-state index in [9.17, 15) is 0 Å². The molecule has 0 aliphatic rings. The Morgan fingerprint density at radius 3 is 2.68 bits per heavy atom. The first-order valence-electron chi connectivity index (χ1n) is 7.45. The fourth-order valence-corrected chi connectivity index (χ4v) is 2.02. The van der Waals surface area contributed by atoms with Crippen LogP contribution in [0, 0.1) is 0 Å². The number of aromatic nitrogens is 2. The summed E-state index contributed by atoms with van der Waals surface area (Å²) in [5, 5.41) is 4.04. The first-order valence-corrected chi connectivity index (χ1v) is 7.45. The van der Waals surface area contributed by atoms with Crippen LogP contribution in [0.5, 0.6) is 0 Å². The molecule has 0 aliphatic carbocycles. The third-order valence-corrected chi connectivity index (χ3v) is 3.04. The predicted molar refractivity (Wildman–Crippen MR) is 74.8 cm³/mol. The third-order valence-electron chi connectivity index (χ3n) is 3.04. The van der Waals surface area contributed by atoms with E-state index in [2.05, 4.69) is 17.1 Å². The van der Waals surface area contributed by atoms with E-state index in [0.29, 0.717) is 12.4 Å². The van der Waals surface area contributed by atoms with Gasteiger partial charge in [0.2, 0.25) is 11.7 Å². The lowest BCUT2D eigenvalue weighted by Crippen LogP contribution is -2.06.